The van der Waals surface area contributed by atoms with Gasteiger partial charge in [-0.2, -0.15) is 4.98 Å². The number of aromatic hydroxyl groups is 1. The number of aliphatic hydroxyl groups is 1. The van der Waals surface area contributed by atoms with Gasteiger partial charge in [0.25, 0.3) is 5.88 Å². The fourth-order valence-electron chi connectivity index (χ4n) is 2.81. The van der Waals surface area contributed by atoms with E-state index in [1.165, 1.54) is 14.0 Å². The van der Waals surface area contributed by atoms with Gasteiger partial charge in [-0.1, -0.05) is 24.0 Å². The van der Waals surface area contributed by atoms with Crippen LogP contribution in [0.3, 0.4) is 0 Å². The van der Waals surface area contributed by atoms with Crippen molar-refractivity contribution >= 4 is 46.1 Å². The summed E-state index contributed by atoms with van der Waals surface area (Å²) in [7, 11) is 1.37. The number of amides is 1. The summed E-state index contributed by atoms with van der Waals surface area (Å²) >= 11 is 5.85. The Hall–Kier alpha value is -2.31. The Morgan fingerprint density at radius 3 is 2.64 bits per heavy atom. The lowest BCUT2D eigenvalue weighted by Crippen LogP contribution is -2.70. The van der Waals surface area contributed by atoms with Crippen LogP contribution in [-0.4, -0.2) is 63.7 Å². The number of aliphatic carboxylic acids is 1. The maximum atomic E-state index is 12.5. The number of rotatable bonds is 4. The predicted octanol–water partition coefficient (Wildman–Crippen LogP) is -1.08. The highest BCUT2D eigenvalue weighted by molar-refractivity contribution is 8.09. The molecule has 1 aromatic rings. The van der Waals surface area contributed by atoms with E-state index in [9.17, 15) is 29.7 Å². The molecule has 12 heteroatoms. The van der Waals surface area contributed by atoms with E-state index < -0.39 is 40.2 Å². The summed E-state index contributed by atoms with van der Waals surface area (Å²) in [6.07, 6.45) is -1.13. The highest BCUT2D eigenvalue weighted by Crippen LogP contribution is 2.58. The van der Waals surface area contributed by atoms with E-state index in [4.69, 9.17) is 12.2 Å². The number of aryl methyl sites for hydroxylation is 1. The minimum atomic E-state index is -1.41. The molecule has 0 saturated carbocycles. The molecule has 0 aromatic carbocycles. The number of thioether (sulfide) groups is 1. The molecule has 1 aromatic heterocycles. The third kappa shape index (κ3) is 2.14. The Balaban J connectivity index is 2.18. The number of carboxylic acid groups (broad SMARTS) is 1. The summed E-state index contributed by atoms with van der Waals surface area (Å²) in [6, 6.07) is 0. The second-order valence-corrected chi connectivity index (χ2v) is 6.87. The van der Waals surface area contributed by atoms with Crippen LogP contribution in [0.2, 0.25) is 0 Å². The summed E-state index contributed by atoms with van der Waals surface area (Å²) in [4.78, 5) is 40.5. The van der Waals surface area contributed by atoms with Crippen molar-refractivity contribution in [2.45, 2.75) is 18.4 Å². The summed E-state index contributed by atoms with van der Waals surface area (Å²) in [5.74, 6) is -2.98. The maximum Gasteiger partial charge on any atom is 0.353 e. The van der Waals surface area contributed by atoms with Crippen molar-refractivity contribution in [3.8, 4) is 5.88 Å². The van der Waals surface area contributed by atoms with E-state index >= 15 is 0 Å². The zero-order valence-electron chi connectivity index (χ0n) is 12.9. The van der Waals surface area contributed by atoms with Crippen molar-refractivity contribution in [2.75, 3.05) is 0 Å². The molecule has 1 fully saturated rings. The average Bonchev–Trinajstić information content (AvgIpc) is 2.88. The number of carboxylic acids is 1. The fourth-order valence-corrected chi connectivity index (χ4v) is 5.00. The second kappa shape index (κ2) is 5.61. The zero-order chi connectivity index (χ0) is 18.7. The molecule has 3 atom stereocenters. The van der Waals surface area contributed by atoms with Gasteiger partial charge in [-0.25, -0.2) is 9.48 Å². The van der Waals surface area contributed by atoms with Crippen molar-refractivity contribution in [3.63, 3.8) is 0 Å². The topological polar surface area (TPSA) is 146 Å². The van der Waals surface area contributed by atoms with Gasteiger partial charge >= 0.3 is 11.5 Å². The average molecular weight is 384 g/mol. The van der Waals surface area contributed by atoms with Gasteiger partial charge in [-0.3, -0.25) is 14.5 Å². The van der Waals surface area contributed by atoms with Crippen molar-refractivity contribution in [1.82, 2.24) is 19.7 Å². The van der Waals surface area contributed by atoms with Crippen LogP contribution >= 0.6 is 24.0 Å². The third-order valence-corrected chi connectivity index (χ3v) is 5.99. The Labute approximate surface area is 149 Å². The first-order valence-corrected chi connectivity index (χ1v) is 8.28. The van der Waals surface area contributed by atoms with Crippen molar-refractivity contribution < 1.29 is 24.9 Å². The third-order valence-electron chi connectivity index (χ3n) is 4.16. The molecule has 132 valence electrons. The lowest BCUT2D eigenvalue weighted by atomic mass is 9.75. The maximum absolute atomic E-state index is 12.5. The molecule has 3 N–H and O–H groups in total. The standard InChI is InChI=1S/C13H12N4O6S2/c1-4(18)13(3-24)11(23)17-5(10(21)22)6(25-12(13)17)7-14-8(19)9(20)15-16(7)2/h3-4,12,18H,1-2H3,(H,15,20)(H,21,22)/t4-,12-,13-/m1/s1. The molecular formula is C13H12N4O6S2. The fraction of sp³-hybridized carbons (Fsp3) is 0.385. The molecule has 0 bridgehead atoms. The van der Waals surface area contributed by atoms with Gasteiger partial charge in [-0.15, -0.1) is 5.10 Å². The van der Waals surface area contributed by atoms with Crippen LogP contribution in [0, 0.1) is 5.41 Å². The molecule has 0 radical (unpaired) electrons. The highest BCUT2D eigenvalue weighted by Gasteiger charge is 2.68. The smallest absolute Gasteiger partial charge is 0.353 e. The predicted molar refractivity (Wildman–Crippen MR) is 89.5 cm³/mol. The Kier molecular flexibility index (Phi) is 3.93. The number of aliphatic hydroxyl groups excluding tert-OH is 1. The molecule has 0 unspecified atom stereocenters. The number of nitrogens with zero attached hydrogens (tertiary/aromatic N) is 4. The molecular weight excluding hydrogens is 372 g/mol. The minimum Gasteiger partial charge on any atom is -0.488 e. The first kappa shape index (κ1) is 17.5. The van der Waals surface area contributed by atoms with Crippen LogP contribution in [0.15, 0.2) is 10.5 Å². The van der Waals surface area contributed by atoms with Crippen molar-refractivity contribution in [3.05, 3.63) is 21.9 Å². The lowest BCUT2D eigenvalue weighted by molar-refractivity contribution is -0.162. The van der Waals surface area contributed by atoms with E-state index in [0.29, 0.717) is 0 Å². The number of β-lactam (4-membered cyclic amide) rings is 1. The highest BCUT2D eigenvalue weighted by atomic mass is 32.2. The van der Waals surface area contributed by atoms with Gasteiger partial charge in [-0.05, 0) is 6.92 Å². The monoisotopic (exact) mass is 384 g/mol. The molecule has 10 nitrogen and oxygen atoms in total. The quantitative estimate of drug-likeness (QED) is 0.432. The normalized spacial score (nSPS) is 26.3. The number of carbonyl (C=O) groups excluding carboxylic acids is 1. The molecule has 2 aliphatic heterocycles. The zero-order valence-corrected chi connectivity index (χ0v) is 14.5. The Morgan fingerprint density at radius 2 is 2.12 bits per heavy atom. The summed E-state index contributed by atoms with van der Waals surface area (Å²) in [5, 5.41) is 32.8. The van der Waals surface area contributed by atoms with Gasteiger partial charge in [0, 0.05) is 12.4 Å². The molecule has 25 heavy (non-hydrogen) atoms. The first-order valence-electron chi connectivity index (χ1n) is 6.93. The Morgan fingerprint density at radius 1 is 1.48 bits per heavy atom. The van der Waals surface area contributed by atoms with Crippen LogP contribution in [-0.2, 0) is 16.6 Å². The van der Waals surface area contributed by atoms with Crippen LogP contribution < -0.4 is 5.56 Å². The molecule has 0 spiro atoms. The molecule has 2 aliphatic rings. The number of aromatic nitrogens is 3. The first-order chi connectivity index (χ1) is 11.7. The van der Waals surface area contributed by atoms with Crippen molar-refractivity contribution in [1.29, 1.82) is 0 Å². The van der Waals surface area contributed by atoms with E-state index in [0.717, 1.165) is 26.7 Å². The van der Waals surface area contributed by atoms with Gasteiger partial charge in [0.15, 0.2) is 5.82 Å². The van der Waals surface area contributed by atoms with Gasteiger partial charge in [0.05, 0.1) is 11.0 Å². The molecule has 1 amide bonds. The minimum absolute atomic E-state index is 0.0253. The number of thiocarbonyl (C=S) groups is 1. The van der Waals surface area contributed by atoms with Gasteiger partial charge in [0.2, 0.25) is 5.91 Å². The second-order valence-electron chi connectivity index (χ2n) is 5.54. The van der Waals surface area contributed by atoms with Crippen LogP contribution in [0.1, 0.15) is 12.7 Å². The number of carbonyl (C=O) groups is 2. The van der Waals surface area contributed by atoms with Crippen LogP contribution in [0.5, 0.6) is 5.88 Å². The van der Waals surface area contributed by atoms with E-state index in [1.54, 1.807) is 0 Å². The van der Waals surface area contributed by atoms with Crippen LogP contribution in [0.4, 0.5) is 0 Å². The van der Waals surface area contributed by atoms with Gasteiger partial charge in [0.1, 0.15) is 16.5 Å². The number of hydrogen-bond donors (Lipinski definition) is 3. The largest absolute Gasteiger partial charge is 0.488 e. The van der Waals surface area contributed by atoms with E-state index in [2.05, 4.69) is 10.1 Å². The number of hydrogen-bond acceptors (Lipinski definition) is 9. The Bertz CT molecular complexity index is 910. The van der Waals surface area contributed by atoms with Crippen LogP contribution in [0.25, 0.3) is 4.91 Å². The molecule has 1 saturated heterocycles. The van der Waals surface area contributed by atoms with Gasteiger partial charge < -0.3 is 15.3 Å². The SMILES string of the molecule is C[C@@H](O)[C@]1(C=S)C(=O)N2C(C(=O)O)=C(c3nc(=O)c(O)nn3C)S[C@@H]21. The van der Waals surface area contributed by atoms with Crippen molar-refractivity contribution in [2.24, 2.45) is 12.5 Å². The summed E-state index contributed by atoms with van der Waals surface area (Å²) in [6.45, 7) is 1.40. The molecule has 3 heterocycles. The van der Waals surface area contributed by atoms with E-state index in [1.807, 2.05) is 0 Å². The number of fused-ring (bicyclic) bond motifs is 1. The molecule has 3 rings (SSSR count). The summed E-state index contributed by atoms with van der Waals surface area (Å²) in [5.41, 5.74) is -2.81. The summed E-state index contributed by atoms with van der Waals surface area (Å²) < 4.78 is 1.04. The molecule has 0 aliphatic carbocycles. The van der Waals surface area contributed by atoms with E-state index in [-0.39, 0.29) is 16.4 Å². The lowest BCUT2D eigenvalue weighted by Gasteiger charge is -2.51.